The van der Waals surface area contributed by atoms with Crippen LogP contribution in [0, 0.1) is 11.8 Å². The summed E-state index contributed by atoms with van der Waals surface area (Å²) in [7, 11) is 1.68. The van der Waals surface area contributed by atoms with Crippen LogP contribution in [0.15, 0.2) is 67.8 Å². The minimum absolute atomic E-state index is 0.208. The first-order valence-electron chi connectivity index (χ1n) is 13.8. The van der Waals surface area contributed by atoms with Crippen LogP contribution in [0.25, 0.3) is 10.8 Å². The molecule has 3 heterocycles. The number of benzene rings is 2. The summed E-state index contributed by atoms with van der Waals surface area (Å²) in [4.78, 5) is 47.1. The number of carbonyl (C=O) groups is 3. The van der Waals surface area contributed by atoms with Gasteiger partial charge in [-0.3, -0.25) is 14.4 Å². The highest BCUT2D eigenvalue weighted by atomic mass is 79.9. The van der Waals surface area contributed by atoms with Gasteiger partial charge in [0.1, 0.15) is 11.6 Å². The lowest BCUT2D eigenvalue weighted by Gasteiger charge is -2.39. The molecule has 3 unspecified atom stereocenters. The quantitative estimate of drug-likeness (QED) is 0.329. The lowest BCUT2D eigenvalue weighted by molar-refractivity contribution is -0.146. The summed E-state index contributed by atoms with van der Waals surface area (Å²) in [5.41, 5.74) is -0.532. The number of alkyl halides is 1. The normalized spacial score (nSPS) is 29.4. The Labute approximate surface area is 243 Å². The maximum atomic E-state index is 14.7. The maximum absolute atomic E-state index is 14.7. The molecule has 2 aromatic carbocycles. The Morgan fingerprint density at radius 3 is 2.52 bits per heavy atom. The molecule has 8 nitrogen and oxygen atoms in total. The van der Waals surface area contributed by atoms with Crippen LogP contribution in [0.1, 0.15) is 19.8 Å². The molecule has 0 aliphatic carbocycles. The zero-order valence-electron chi connectivity index (χ0n) is 22.9. The molecule has 3 amide bonds. The van der Waals surface area contributed by atoms with Crippen molar-refractivity contribution in [3.8, 4) is 0 Å². The third-order valence-electron chi connectivity index (χ3n) is 8.72. The zero-order valence-corrected chi connectivity index (χ0v) is 24.5. The lowest BCUT2D eigenvalue weighted by Crippen LogP contribution is -2.59. The molecular formula is C31H36BrN3O5. The number of amides is 3. The molecular weight excluding hydrogens is 574 g/mol. The van der Waals surface area contributed by atoms with Crippen molar-refractivity contribution in [3.63, 3.8) is 0 Å². The fraction of sp³-hybridized carbons (Fsp3) is 0.452. The van der Waals surface area contributed by atoms with Gasteiger partial charge in [0.25, 0.3) is 5.91 Å². The molecule has 3 aliphatic heterocycles. The average molecular weight is 611 g/mol. The van der Waals surface area contributed by atoms with Gasteiger partial charge in [-0.25, -0.2) is 0 Å². The number of hydrogen-bond acceptors (Lipinski definition) is 5. The number of rotatable bonds is 10. The van der Waals surface area contributed by atoms with Crippen LogP contribution in [0.3, 0.4) is 0 Å². The van der Waals surface area contributed by atoms with Crippen LogP contribution >= 0.6 is 15.9 Å². The molecule has 5 rings (SSSR count). The van der Waals surface area contributed by atoms with E-state index in [0.29, 0.717) is 25.1 Å². The number of fused-ring (bicyclic) bond motifs is 2. The predicted molar refractivity (Wildman–Crippen MR) is 158 cm³/mol. The number of aliphatic hydroxyl groups is 1. The summed E-state index contributed by atoms with van der Waals surface area (Å²) >= 11 is 3.71. The van der Waals surface area contributed by atoms with E-state index in [-0.39, 0.29) is 35.7 Å². The van der Waals surface area contributed by atoms with E-state index in [4.69, 9.17) is 4.74 Å². The van der Waals surface area contributed by atoms with Gasteiger partial charge in [0.05, 0.1) is 30.6 Å². The summed E-state index contributed by atoms with van der Waals surface area (Å²) in [6, 6.07) is 12.1. The third-order valence-corrected chi connectivity index (χ3v) is 9.57. The van der Waals surface area contributed by atoms with Gasteiger partial charge in [0.15, 0.2) is 0 Å². The number of ether oxygens (including phenoxy) is 1. The largest absolute Gasteiger partial charge is 0.394 e. The Kier molecular flexibility index (Phi) is 7.92. The number of carbonyl (C=O) groups excluding carboxylic acids is 3. The topological polar surface area (TPSA) is 90.4 Å². The van der Waals surface area contributed by atoms with Gasteiger partial charge in [-0.05, 0) is 35.7 Å². The SMILES string of the molecule is C=CCN(C)C(=O)[C@H]1[C@@H]2OC3(CC2Br)C(C(=O)N(CC=C)c2ccc4ccccc4c2)N([C@@H](CC)CO)C(=O)[C@H]13. The van der Waals surface area contributed by atoms with Crippen molar-refractivity contribution in [1.29, 1.82) is 0 Å². The van der Waals surface area contributed by atoms with Crippen molar-refractivity contribution in [3.05, 3.63) is 67.8 Å². The number of nitrogens with zero attached hydrogens (tertiary/aromatic N) is 3. The fourth-order valence-corrected chi connectivity index (χ4v) is 7.86. The highest BCUT2D eigenvalue weighted by Gasteiger charge is 2.77. The number of aliphatic hydroxyl groups excluding tert-OH is 1. The molecule has 1 N–H and O–H groups in total. The van der Waals surface area contributed by atoms with Crippen molar-refractivity contribution in [2.24, 2.45) is 11.8 Å². The van der Waals surface area contributed by atoms with Gasteiger partial charge in [-0.15, -0.1) is 13.2 Å². The smallest absolute Gasteiger partial charge is 0.253 e. The maximum Gasteiger partial charge on any atom is 0.253 e. The second kappa shape index (κ2) is 11.1. The number of anilines is 1. The zero-order chi connectivity index (χ0) is 28.8. The lowest BCUT2D eigenvalue weighted by atomic mass is 9.70. The monoisotopic (exact) mass is 609 g/mol. The Morgan fingerprint density at radius 1 is 1.18 bits per heavy atom. The molecule has 2 aromatic rings. The summed E-state index contributed by atoms with van der Waals surface area (Å²) in [5, 5.41) is 12.4. The molecule has 3 aliphatic rings. The van der Waals surface area contributed by atoms with Crippen molar-refractivity contribution in [1.82, 2.24) is 9.80 Å². The third kappa shape index (κ3) is 4.30. The molecule has 1 spiro atoms. The van der Waals surface area contributed by atoms with Crippen LogP contribution < -0.4 is 4.90 Å². The molecule has 0 aromatic heterocycles. The summed E-state index contributed by atoms with van der Waals surface area (Å²) in [6.07, 6.45) is 3.59. The molecule has 9 heteroatoms. The van der Waals surface area contributed by atoms with E-state index >= 15 is 0 Å². The van der Waals surface area contributed by atoms with Crippen LogP contribution in [-0.4, -0.2) is 88.0 Å². The molecule has 7 atom stereocenters. The first-order valence-corrected chi connectivity index (χ1v) is 14.7. The van der Waals surface area contributed by atoms with Gasteiger partial charge in [-0.2, -0.15) is 0 Å². The first-order chi connectivity index (χ1) is 19.2. The van der Waals surface area contributed by atoms with E-state index in [1.807, 2.05) is 49.4 Å². The molecule has 0 saturated carbocycles. The summed E-state index contributed by atoms with van der Waals surface area (Å²) in [5.74, 6) is -2.42. The predicted octanol–water partition coefficient (Wildman–Crippen LogP) is 3.52. The van der Waals surface area contributed by atoms with Crippen molar-refractivity contribution in [2.75, 3.05) is 31.6 Å². The van der Waals surface area contributed by atoms with Crippen molar-refractivity contribution < 1.29 is 24.2 Å². The van der Waals surface area contributed by atoms with E-state index in [1.165, 1.54) is 4.90 Å². The highest BCUT2D eigenvalue weighted by Crippen LogP contribution is 2.61. The van der Waals surface area contributed by atoms with Gasteiger partial charge >= 0.3 is 0 Å². The second-order valence-electron chi connectivity index (χ2n) is 10.9. The van der Waals surface area contributed by atoms with Crippen LogP contribution in [0.2, 0.25) is 0 Å². The number of halogens is 1. The Hall–Kier alpha value is -3.01. The molecule has 3 fully saturated rings. The number of likely N-dealkylation sites (tertiary alicyclic amines) is 1. The minimum atomic E-state index is -1.21. The van der Waals surface area contributed by atoms with Gasteiger partial charge in [0.2, 0.25) is 11.8 Å². The van der Waals surface area contributed by atoms with E-state index in [1.54, 1.807) is 29.0 Å². The molecule has 40 heavy (non-hydrogen) atoms. The van der Waals surface area contributed by atoms with Gasteiger partial charge in [0, 0.05) is 30.7 Å². The molecule has 3 saturated heterocycles. The standard InChI is InChI=1S/C31H36BrN3O5/c1-5-14-33(4)28(37)24-25-29(38)35(21(7-3)18-36)27(31(25)17-23(32)26(24)40-31)30(39)34(15-6-2)22-13-12-19-10-8-9-11-20(19)16-22/h5-6,8-13,16,21,23-27,36H,1-2,7,14-15,17-18H2,3-4H3/t21-,23?,24+,25-,26+,27?,31?/m0/s1. The molecule has 212 valence electrons. The summed E-state index contributed by atoms with van der Waals surface area (Å²) < 4.78 is 6.63. The average Bonchev–Trinajstić information content (AvgIpc) is 3.55. The second-order valence-corrected chi connectivity index (χ2v) is 12.1. The fourth-order valence-electron chi connectivity index (χ4n) is 6.92. The number of likely N-dealkylation sites (N-methyl/N-ethyl adjacent to an activating group) is 1. The minimum Gasteiger partial charge on any atom is -0.394 e. The first kappa shape index (κ1) is 28.5. The Bertz CT molecular complexity index is 1350. The van der Waals surface area contributed by atoms with Crippen molar-refractivity contribution in [2.45, 2.75) is 48.4 Å². The van der Waals surface area contributed by atoms with Crippen LogP contribution in [0.4, 0.5) is 5.69 Å². The Balaban J connectivity index is 1.62. The number of hydrogen-bond donors (Lipinski definition) is 1. The van der Waals surface area contributed by atoms with Gasteiger partial charge < -0.3 is 24.5 Å². The van der Waals surface area contributed by atoms with Crippen LogP contribution in [-0.2, 0) is 19.1 Å². The van der Waals surface area contributed by atoms with Crippen LogP contribution in [0.5, 0.6) is 0 Å². The highest BCUT2D eigenvalue weighted by molar-refractivity contribution is 9.09. The summed E-state index contributed by atoms with van der Waals surface area (Å²) in [6.45, 7) is 9.74. The van der Waals surface area contributed by atoms with E-state index < -0.39 is 35.6 Å². The van der Waals surface area contributed by atoms with E-state index in [2.05, 4.69) is 29.1 Å². The van der Waals surface area contributed by atoms with Crippen molar-refractivity contribution >= 4 is 50.1 Å². The molecule has 2 bridgehead atoms. The van der Waals surface area contributed by atoms with Gasteiger partial charge in [-0.1, -0.05) is 65.3 Å². The Morgan fingerprint density at radius 2 is 1.88 bits per heavy atom. The molecule has 0 radical (unpaired) electrons. The van der Waals surface area contributed by atoms with E-state index in [9.17, 15) is 19.5 Å². The van der Waals surface area contributed by atoms with E-state index in [0.717, 1.165) is 10.8 Å².